The van der Waals surface area contributed by atoms with Crippen molar-refractivity contribution in [3.05, 3.63) is 11.9 Å². The first-order valence-electron chi connectivity index (χ1n) is 1.64. The van der Waals surface area contributed by atoms with E-state index in [1.165, 1.54) is 6.33 Å². The van der Waals surface area contributed by atoms with Gasteiger partial charge in [-0.15, -0.1) is 0 Å². The van der Waals surface area contributed by atoms with Gasteiger partial charge in [-0.05, 0) is 0 Å². The summed E-state index contributed by atoms with van der Waals surface area (Å²) in [6.45, 7) is 0. The molecule has 0 aromatic carbocycles. The molecule has 0 bridgehead atoms. The van der Waals surface area contributed by atoms with Crippen molar-refractivity contribution in [3.63, 3.8) is 0 Å². The van der Waals surface area contributed by atoms with E-state index >= 15 is 0 Å². The molecule has 0 aliphatic heterocycles. The quantitative estimate of drug-likeness (QED) is 0.515. The van der Waals surface area contributed by atoms with Crippen LogP contribution >= 0.6 is 0 Å². The molecule has 1 aromatic rings. The van der Waals surface area contributed by atoms with Gasteiger partial charge in [0.1, 0.15) is 6.33 Å². The third-order valence-electron chi connectivity index (χ3n) is 0.497. The van der Waals surface area contributed by atoms with Crippen LogP contribution in [0.2, 0.25) is 0 Å². The highest BCUT2D eigenvalue weighted by Gasteiger charge is 1.77. The third-order valence-corrected chi connectivity index (χ3v) is 0.497. The summed E-state index contributed by atoms with van der Waals surface area (Å²) >= 11 is 0. The maximum absolute atomic E-state index is 7.92. The van der Waals surface area contributed by atoms with E-state index in [0.29, 0.717) is 0 Å². The number of aromatic amines is 1. The van der Waals surface area contributed by atoms with Gasteiger partial charge in [-0.1, -0.05) is 0 Å². The van der Waals surface area contributed by atoms with Crippen molar-refractivity contribution >= 4 is 5.95 Å². The van der Waals surface area contributed by atoms with Gasteiger partial charge in [-0.2, -0.15) is 10.1 Å². The summed E-state index contributed by atoms with van der Waals surface area (Å²) in [5.41, 5.74) is 7.92. The summed E-state index contributed by atoms with van der Waals surface area (Å²) in [5, 5.41) is 8.41. The number of aromatic nitrogens is 3. The molecule has 0 aliphatic rings. The Morgan fingerprint density at radius 2 is 2.71 bits per heavy atom. The topological polar surface area (TPSA) is 76.2 Å². The zero-order chi connectivity index (χ0) is 5.11. The molecule has 0 aliphatic carbocycles. The minimum absolute atomic E-state index is 0.125. The van der Waals surface area contributed by atoms with Gasteiger partial charge < -0.3 is 10.6 Å². The predicted octanol–water partition coefficient (Wildman–Crippen LogP) is 0.458. The third kappa shape index (κ3) is 0.594. The van der Waals surface area contributed by atoms with E-state index in [1.54, 1.807) is 0 Å². The van der Waals surface area contributed by atoms with Gasteiger partial charge in [0.2, 0.25) is 5.95 Å². The average Bonchev–Trinajstić information content (AvgIpc) is 2.14. The van der Waals surface area contributed by atoms with Crippen LogP contribution in [0.3, 0.4) is 0 Å². The first-order chi connectivity index (χ1) is 3.43. The maximum atomic E-state index is 7.92. The Morgan fingerprint density at radius 3 is 3.00 bits per heavy atom. The van der Waals surface area contributed by atoms with E-state index in [1.807, 2.05) is 0 Å². The van der Waals surface area contributed by atoms with Crippen molar-refractivity contribution in [2.75, 3.05) is 0 Å². The molecule has 0 radical (unpaired) electrons. The van der Waals surface area contributed by atoms with E-state index in [4.69, 9.17) is 5.53 Å². The van der Waals surface area contributed by atoms with E-state index in [-0.39, 0.29) is 5.95 Å². The molecule has 0 fully saturated rings. The Morgan fingerprint density at radius 1 is 1.86 bits per heavy atom. The van der Waals surface area contributed by atoms with Gasteiger partial charge in [-0.3, -0.25) is 0 Å². The summed E-state index contributed by atoms with van der Waals surface area (Å²) in [6.07, 6.45) is 1.26. The van der Waals surface area contributed by atoms with Crippen LogP contribution in [0.4, 0.5) is 5.95 Å². The number of hydrogen-bond acceptors (Lipinski definition) is 3. The fraction of sp³-hybridized carbons (Fsp3) is 0. The number of nitrogens with zero attached hydrogens (tertiary/aromatic N) is 4. The fourth-order valence-corrected chi connectivity index (χ4v) is 0.247. The van der Waals surface area contributed by atoms with Gasteiger partial charge in [0.05, 0.1) is 0 Å². The SMILES string of the molecule is [N-]=Nc1ncn[nH]1. The maximum Gasteiger partial charge on any atom is 0.224 e. The molecule has 1 rings (SSSR count). The summed E-state index contributed by atoms with van der Waals surface area (Å²) in [6, 6.07) is 0. The smallest absolute Gasteiger partial charge is 0.224 e. The molecule has 0 saturated carbocycles. The second-order valence-corrected chi connectivity index (χ2v) is 0.909. The van der Waals surface area contributed by atoms with Crippen molar-refractivity contribution in [3.8, 4) is 0 Å². The minimum Gasteiger partial charge on any atom is -0.704 e. The molecule has 5 heteroatoms. The summed E-state index contributed by atoms with van der Waals surface area (Å²) in [4.78, 5) is 3.45. The second-order valence-electron chi connectivity index (χ2n) is 0.909. The lowest BCUT2D eigenvalue weighted by atomic mass is 11.1. The molecule has 0 saturated heterocycles. The standard InChI is InChI=1S/C2H2N5/c3-6-2-4-1-5-7-2/h1H,(H,4,5,7)/q-1. The fourth-order valence-electron chi connectivity index (χ4n) is 0.247. The highest BCUT2D eigenvalue weighted by Crippen LogP contribution is 1.94. The van der Waals surface area contributed by atoms with Gasteiger partial charge >= 0.3 is 0 Å². The van der Waals surface area contributed by atoms with Crippen LogP contribution in [0.5, 0.6) is 0 Å². The van der Waals surface area contributed by atoms with Crippen molar-refractivity contribution in [2.45, 2.75) is 0 Å². The van der Waals surface area contributed by atoms with E-state index in [2.05, 4.69) is 20.3 Å². The minimum atomic E-state index is 0.125. The highest BCUT2D eigenvalue weighted by molar-refractivity contribution is 5.06. The molecule has 0 spiro atoms. The van der Waals surface area contributed by atoms with Crippen LogP contribution in [-0.4, -0.2) is 15.2 Å². The van der Waals surface area contributed by atoms with E-state index in [0.717, 1.165) is 0 Å². The first-order valence-corrected chi connectivity index (χ1v) is 1.64. The van der Waals surface area contributed by atoms with Crippen LogP contribution < -0.4 is 0 Å². The molecule has 36 valence electrons. The predicted molar refractivity (Wildman–Crippen MR) is 21.8 cm³/mol. The van der Waals surface area contributed by atoms with Gasteiger partial charge in [0.15, 0.2) is 0 Å². The van der Waals surface area contributed by atoms with Crippen molar-refractivity contribution in [1.29, 1.82) is 0 Å². The Balaban J connectivity index is 2.96. The zero-order valence-corrected chi connectivity index (χ0v) is 3.37. The summed E-state index contributed by atoms with van der Waals surface area (Å²) < 4.78 is 0. The number of H-pyrrole nitrogens is 1. The Hall–Kier alpha value is -1.26. The lowest BCUT2D eigenvalue weighted by molar-refractivity contribution is 1.08. The number of rotatable bonds is 1. The monoisotopic (exact) mass is 96.0 g/mol. The number of nitrogens with one attached hydrogen (secondary N) is 1. The average molecular weight is 96.1 g/mol. The molecule has 0 amide bonds. The van der Waals surface area contributed by atoms with Crippen LogP contribution in [0.1, 0.15) is 0 Å². The Bertz CT molecular complexity index is 141. The Kier molecular flexibility index (Phi) is 0.816. The lowest BCUT2D eigenvalue weighted by Gasteiger charge is -1.80. The van der Waals surface area contributed by atoms with Crippen LogP contribution in [0.15, 0.2) is 11.4 Å². The molecule has 1 N–H and O–H groups in total. The highest BCUT2D eigenvalue weighted by atomic mass is 15.3. The normalized spacial score (nSPS) is 8.57. The zero-order valence-electron chi connectivity index (χ0n) is 3.37. The second kappa shape index (κ2) is 1.46. The van der Waals surface area contributed by atoms with Crippen LogP contribution in [0.25, 0.3) is 5.53 Å². The molecule has 1 aromatic heterocycles. The lowest BCUT2D eigenvalue weighted by Crippen LogP contribution is -1.60. The van der Waals surface area contributed by atoms with Crippen molar-refractivity contribution in [2.24, 2.45) is 5.11 Å². The van der Waals surface area contributed by atoms with Crippen LogP contribution in [-0.2, 0) is 0 Å². The molecule has 0 atom stereocenters. The molecular weight excluding hydrogens is 94.1 g/mol. The molecule has 5 nitrogen and oxygen atoms in total. The molecule has 0 unspecified atom stereocenters. The summed E-state index contributed by atoms with van der Waals surface area (Å²) in [7, 11) is 0. The number of hydrogen-bond donors (Lipinski definition) is 1. The van der Waals surface area contributed by atoms with E-state index < -0.39 is 0 Å². The molecule has 1 heterocycles. The first kappa shape index (κ1) is 3.91. The van der Waals surface area contributed by atoms with Gasteiger partial charge in [-0.25, -0.2) is 5.10 Å². The van der Waals surface area contributed by atoms with Crippen LogP contribution in [0, 0.1) is 0 Å². The van der Waals surface area contributed by atoms with Crippen molar-refractivity contribution in [1.82, 2.24) is 15.2 Å². The van der Waals surface area contributed by atoms with Gasteiger partial charge in [0, 0.05) is 0 Å². The van der Waals surface area contributed by atoms with Crippen molar-refractivity contribution < 1.29 is 0 Å². The van der Waals surface area contributed by atoms with E-state index in [9.17, 15) is 0 Å². The molecule has 7 heavy (non-hydrogen) atoms. The Labute approximate surface area is 39.3 Å². The largest absolute Gasteiger partial charge is 0.704 e. The summed E-state index contributed by atoms with van der Waals surface area (Å²) in [5.74, 6) is 0.125. The molecular formula is C2H2N5-. The van der Waals surface area contributed by atoms with Gasteiger partial charge in [0.25, 0.3) is 0 Å².